The first kappa shape index (κ1) is 13.7. The second-order valence-corrected chi connectivity index (χ2v) is 2.80. The van der Waals surface area contributed by atoms with Crippen LogP contribution in [0.15, 0.2) is 0 Å². The Morgan fingerprint density at radius 1 is 0.929 bits per heavy atom. The summed E-state index contributed by atoms with van der Waals surface area (Å²) in [5.41, 5.74) is 0. The molecule has 0 fully saturated rings. The fourth-order valence-corrected chi connectivity index (χ4v) is 0.659. The van der Waals surface area contributed by atoms with E-state index in [1.165, 1.54) is 0 Å². The van der Waals surface area contributed by atoms with Crippen LogP contribution >= 0.6 is 0 Å². The van der Waals surface area contributed by atoms with Gasteiger partial charge in [0, 0.05) is 0 Å². The Morgan fingerprint density at radius 2 is 1.50 bits per heavy atom. The molecule has 6 N–H and O–H groups in total. The maximum atomic E-state index is 9.04. The van der Waals surface area contributed by atoms with Crippen molar-refractivity contribution >= 4 is 0 Å². The van der Waals surface area contributed by atoms with Gasteiger partial charge in [0.15, 0.2) is 6.29 Å². The summed E-state index contributed by atoms with van der Waals surface area (Å²) in [7, 11) is 0. The van der Waals surface area contributed by atoms with E-state index in [0.717, 1.165) is 0 Å². The Bertz CT molecular complexity index is 142. The van der Waals surface area contributed by atoms with Crippen molar-refractivity contribution in [2.24, 2.45) is 0 Å². The molecule has 14 heavy (non-hydrogen) atoms. The van der Waals surface area contributed by atoms with Crippen molar-refractivity contribution in [2.75, 3.05) is 19.8 Å². The lowest BCUT2D eigenvalue weighted by Gasteiger charge is -2.22. The standard InChI is InChI=1S/C7H16O7/c8-1-4(10)3-14-7(13)6(12)5(11)2-9/h4-13H,1-3H2/t4?,5-,6-,7?/m0/s1. The van der Waals surface area contributed by atoms with Crippen LogP contribution in [0.25, 0.3) is 0 Å². The van der Waals surface area contributed by atoms with E-state index >= 15 is 0 Å². The first-order valence-corrected chi connectivity index (χ1v) is 4.08. The smallest absolute Gasteiger partial charge is 0.183 e. The average molecular weight is 212 g/mol. The highest BCUT2D eigenvalue weighted by Crippen LogP contribution is 2.02. The molecule has 0 saturated carbocycles. The van der Waals surface area contributed by atoms with Crippen molar-refractivity contribution in [2.45, 2.75) is 24.6 Å². The molecule has 86 valence electrons. The van der Waals surface area contributed by atoms with E-state index in [-0.39, 0.29) is 6.61 Å². The van der Waals surface area contributed by atoms with E-state index in [0.29, 0.717) is 0 Å². The number of hydrogen-bond acceptors (Lipinski definition) is 7. The molecule has 0 bridgehead atoms. The molecule has 0 amide bonds. The predicted octanol–water partition coefficient (Wildman–Crippen LogP) is -3.61. The molecule has 0 saturated heterocycles. The normalized spacial score (nSPS) is 20.1. The number of ether oxygens (including phenoxy) is 1. The van der Waals surface area contributed by atoms with Gasteiger partial charge >= 0.3 is 0 Å². The van der Waals surface area contributed by atoms with Crippen molar-refractivity contribution < 1.29 is 35.4 Å². The lowest BCUT2D eigenvalue weighted by atomic mass is 10.2. The van der Waals surface area contributed by atoms with Gasteiger partial charge < -0.3 is 35.4 Å². The fraction of sp³-hybridized carbons (Fsp3) is 1.00. The number of rotatable bonds is 7. The van der Waals surface area contributed by atoms with E-state index in [1.807, 2.05) is 0 Å². The molecular weight excluding hydrogens is 196 g/mol. The minimum Gasteiger partial charge on any atom is -0.394 e. The molecule has 0 radical (unpaired) electrons. The van der Waals surface area contributed by atoms with Gasteiger partial charge in [-0.05, 0) is 0 Å². The van der Waals surface area contributed by atoms with Crippen molar-refractivity contribution in [3.8, 4) is 0 Å². The summed E-state index contributed by atoms with van der Waals surface area (Å²) >= 11 is 0. The topological polar surface area (TPSA) is 131 Å². The molecule has 0 aliphatic carbocycles. The molecule has 0 aromatic rings. The second-order valence-electron chi connectivity index (χ2n) is 2.80. The van der Waals surface area contributed by atoms with Crippen LogP contribution in [0.2, 0.25) is 0 Å². The number of aliphatic hydroxyl groups excluding tert-OH is 6. The highest BCUT2D eigenvalue weighted by molar-refractivity contribution is 4.68. The van der Waals surface area contributed by atoms with Gasteiger partial charge in [-0.25, -0.2) is 0 Å². The van der Waals surface area contributed by atoms with Crippen molar-refractivity contribution in [3.05, 3.63) is 0 Å². The van der Waals surface area contributed by atoms with Gasteiger partial charge in [0.1, 0.15) is 18.3 Å². The fourth-order valence-electron chi connectivity index (χ4n) is 0.659. The quantitative estimate of drug-likeness (QED) is 0.240. The highest BCUT2D eigenvalue weighted by atomic mass is 16.6. The van der Waals surface area contributed by atoms with Crippen molar-refractivity contribution in [3.63, 3.8) is 0 Å². The first-order chi connectivity index (χ1) is 6.52. The molecule has 2 unspecified atom stereocenters. The molecule has 0 aliphatic heterocycles. The third kappa shape index (κ3) is 4.82. The lowest BCUT2D eigenvalue weighted by Crippen LogP contribution is -2.42. The van der Waals surface area contributed by atoms with E-state index in [1.54, 1.807) is 0 Å². The maximum absolute atomic E-state index is 9.04. The SMILES string of the molecule is OCC(O)COC(O)[C@@H](O)[C@@H](O)CO. The zero-order valence-corrected chi connectivity index (χ0v) is 7.52. The monoisotopic (exact) mass is 212 g/mol. The molecular formula is C7H16O7. The molecule has 0 rings (SSSR count). The summed E-state index contributed by atoms with van der Waals surface area (Å²) in [6.07, 6.45) is -6.07. The molecule has 0 aliphatic rings. The number of aliphatic hydroxyl groups is 6. The third-order valence-electron chi connectivity index (χ3n) is 1.54. The summed E-state index contributed by atoms with van der Waals surface area (Å²) in [5.74, 6) is 0. The minimum absolute atomic E-state index is 0.382. The Hall–Kier alpha value is -0.280. The molecule has 0 heterocycles. The Balaban J connectivity index is 3.77. The van der Waals surface area contributed by atoms with Gasteiger partial charge in [0.2, 0.25) is 0 Å². The van der Waals surface area contributed by atoms with E-state index in [2.05, 4.69) is 4.74 Å². The highest BCUT2D eigenvalue weighted by Gasteiger charge is 2.25. The molecule has 7 nitrogen and oxygen atoms in total. The average Bonchev–Trinajstić information content (AvgIpc) is 2.22. The maximum Gasteiger partial charge on any atom is 0.183 e. The number of hydrogen-bond donors (Lipinski definition) is 6. The Morgan fingerprint density at radius 3 is 1.93 bits per heavy atom. The van der Waals surface area contributed by atoms with Gasteiger partial charge in [-0.1, -0.05) is 0 Å². The minimum atomic E-state index is -1.72. The largest absolute Gasteiger partial charge is 0.394 e. The summed E-state index contributed by atoms with van der Waals surface area (Å²) in [4.78, 5) is 0. The van der Waals surface area contributed by atoms with E-state index < -0.39 is 37.8 Å². The van der Waals surface area contributed by atoms with E-state index in [4.69, 9.17) is 30.6 Å². The molecule has 4 atom stereocenters. The summed E-state index contributed by atoms with van der Waals surface area (Å²) < 4.78 is 4.50. The predicted molar refractivity (Wildman–Crippen MR) is 44.2 cm³/mol. The van der Waals surface area contributed by atoms with Crippen molar-refractivity contribution in [1.29, 1.82) is 0 Å². The van der Waals surface area contributed by atoms with Crippen LogP contribution in [0.3, 0.4) is 0 Å². The first-order valence-electron chi connectivity index (χ1n) is 4.08. The lowest BCUT2D eigenvalue weighted by molar-refractivity contribution is -0.203. The third-order valence-corrected chi connectivity index (χ3v) is 1.54. The molecule has 0 spiro atoms. The van der Waals surface area contributed by atoms with Crippen LogP contribution in [0.1, 0.15) is 0 Å². The van der Waals surface area contributed by atoms with Gasteiger partial charge in [-0.2, -0.15) is 0 Å². The summed E-state index contributed by atoms with van der Waals surface area (Å²) in [6.45, 7) is -1.64. The van der Waals surface area contributed by atoms with Crippen LogP contribution in [0.4, 0.5) is 0 Å². The van der Waals surface area contributed by atoms with Gasteiger partial charge in [-0.15, -0.1) is 0 Å². The second kappa shape index (κ2) is 7.07. The van der Waals surface area contributed by atoms with Crippen LogP contribution < -0.4 is 0 Å². The van der Waals surface area contributed by atoms with Crippen LogP contribution in [0.5, 0.6) is 0 Å². The van der Waals surface area contributed by atoms with Gasteiger partial charge in [0.25, 0.3) is 0 Å². The van der Waals surface area contributed by atoms with Gasteiger partial charge in [-0.3, -0.25) is 0 Å². The molecule has 0 aromatic carbocycles. The molecule has 0 aromatic heterocycles. The zero-order chi connectivity index (χ0) is 11.1. The van der Waals surface area contributed by atoms with Crippen LogP contribution in [-0.4, -0.2) is 75.1 Å². The Kier molecular flexibility index (Phi) is 6.93. The Labute approximate surface area is 80.8 Å². The van der Waals surface area contributed by atoms with E-state index in [9.17, 15) is 0 Å². The van der Waals surface area contributed by atoms with Crippen molar-refractivity contribution in [1.82, 2.24) is 0 Å². The molecule has 7 heteroatoms. The zero-order valence-electron chi connectivity index (χ0n) is 7.52. The summed E-state index contributed by atoms with van der Waals surface area (Å²) in [5, 5.41) is 52.5. The van der Waals surface area contributed by atoms with Crippen LogP contribution in [0, 0.1) is 0 Å². The van der Waals surface area contributed by atoms with Crippen LogP contribution in [-0.2, 0) is 4.74 Å². The summed E-state index contributed by atoms with van der Waals surface area (Å²) in [6, 6.07) is 0. The van der Waals surface area contributed by atoms with Gasteiger partial charge in [0.05, 0.1) is 19.8 Å².